The van der Waals surface area contributed by atoms with Gasteiger partial charge in [0.25, 0.3) is 0 Å². The summed E-state index contributed by atoms with van der Waals surface area (Å²) in [6.07, 6.45) is 10.3. The normalized spacial score (nSPS) is 45.5. The second kappa shape index (κ2) is 2.98. The third-order valence-corrected chi connectivity index (χ3v) is 4.65. The molecule has 2 N–H and O–H groups in total. The molecule has 3 aliphatic rings. The van der Waals surface area contributed by atoms with Crippen LogP contribution in [0.1, 0.15) is 44.9 Å². The minimum atomic E-state index is 0.558. The van der Waals surface area contributed by atoms with Gasteiger partial charge in [0.15, 0.2) is 0 Å². The van der Waals surface area contributed by atoms with Crippen molar-refractivity contribution in [1.82, 2.24) is 0 Å². The fourth-order valence-electron chi connectivity index (χ4n) is 3.73. The van der Waals surface area contributed by atoms with Crippen molar-refractivity contribution in [1.29, 1.82) is 0 Å². The van der Waals surface area contributed by atoms with E-state index in [4.69, 9.17) is 5.73 Å². The van der Waals surface area contributed by atoms with E-state index >= 15 is 0 Å². The van der Waals surface area contributed by atoms with Gasteiger partial charge in [-0.1, -0.05) is 19.3 Å². The third kappa shape index (κ3) is 1.52. The molecule has 13 heavy (non-hydrogen) atoms. The zero-order chi connectivity index (χ0) is 8.84. The Morgan fingerprint density at radius 1 is 1.08 bits per heavy atom. The van der Waals surface area contributed by atoms with Crippen LogP contribution in [0.15, 0.2) is 0 Å². The molecule has 0 aromatic carbocycles. The molecule has 3 aliphatic carbocycles. The van der Waals surface area contributed by atoms with Crippen LogP contribution in [0, 0.1) is 23.7 Å². The van der Waals surface area contributed by atoms with Gasteiger partial charge in [-0.2, -0.15) is 0 Å². The molecule has 4 atom stereocenters. The van der Waals surface area contributed by atoms with E-state index in [0.29, 0.717) is 6.04 Å². The number of hydrogen-bond acceptors (Lipinski definition) is 1. The molecule has 0 heterocycles. The fraction of sp³-hybridized carbons (Fsp3) is 1.00. The van der Waals surface area contributed by atoms with Crippen molar-refractivity contribution in [3.63, 3.8) is 0 Å². The van der Waals surface area contributed by atoms with E-state index in [0.717, 1.165) is 23.7 Å². The highest BCUT2D eigenvalue weighted by Gasteiger charge is 2.42. The highest BCUT2D eigenvalue weighted by molar-refractivity contribution is 4.95. The Morgan fingerprint density at radius 2 is 1.92 bits per heavy atom. The lowest BCUT2D eigenvalue weighted by Crippen LogP contribution is -2.33. The summed E-state index contributed by atoms with van der Waals surface area (Å²) in [5.41, 5.74) is 6.31. The zero-order valence-corrected chi connectivity index (χ0v) is 8.41. The Labute approximate surface area is 81.1 Å². The van der Waals surface area contributed by atoms with Gasteiger partial charge in [-0.15, -0.1) is 0 Å². The zero-order valence-electron chi connectivity index (χ0n) is 8.41. The number of hydrogen-bond donors (Lipinski definition) is 1. The fourth-order valence-corrected chi connectivity index (χ4v) is 3.73. The van der Waals surface area contributed by atoms with Crippen molar-refractivity contribution in [3.8, 4) is 0 Å². The maximum Gasteiger partial charge on any atom is 0.00725 e. The van der Waals surface area contributed by atoms with Crippen molar-refractivity contribution in [2.45, 2.75) is 51.0 Å². The van der Waals surface area contributed by atoms with Crippen molar-refractivity contribution in [2.75, 3.05) is 0 Å². The van der Waals surface area contributed by atoms with Crippen LogP contribution in [0.3, 0.4) is 0 Å². The average Bonchev–Trinajstić information content (AvgIpc) is 2.71. The molecule has 0 radical (unpaired) electrons. The molecular weight excluding hydrogens is 158 g/mol. The SMILES string of the molecule is NC(CC1CC1)C1CC2CCC1C2. The minimum absolute atomic E-state index is 0.558. The first kappa shape index (κ1) is 8.28. The van der Waals surface area contributed by atoms with Gasteiger partial charge in [0.1, 0.15) is 0 Å². The summed E-state index contributed by atoms with van der Waals surface area (Å²) in [5.74, 6) is 4.03. The van der Waals surface area contributed by atoms with Gasteiger partial charge in [0, 0.05) is 6.04 Å². The predicted molar refractivity (Wildman–Crippen MR) is 54.3 cm³/mol. The lowest BCUT2D eigenvalue weighted by molar-refractivity contribution is 0.267. The van der Waals surface area contributed by atoms with Gasteiger partial charge < -0.3 is 5.73 Å². The first-order chi connectivity index (χ1) is 6.33. The van der Waals surface area contributed by atoms with Crippen LogP contribution in [-0.2, 0) is 0 Å². The van der Waals surface area contributed by atoms with Crippen molar-refractivity contribution < 1.29 is 0 Å². The summed E-state index contributed by atoms with van der Waals surface area (Å²) in [7, 11) is 0. The maximum absolute atomic E-state index is 6.31. The van der Waals surface area contributed by atoms with Crippen LogP contribution in [-0.4, -0.2) is 6.04 Å². The van der Waals surface area contributed by atoms with Gasteiger partial charge in [0.05, 0.1) is 0 Å². The standard InChI is InChI=1S/C12H21N/c13-12(7-8-1-2-8)11-6-9-3-4-10(11)5-9/h8-12H,1-7,13H2. The van der Waals surface area contributed by atoms with Gasteiger partial charge >= 0.3 is 0 Å². The Kier molecular flexibility index (Phi) is 1.90. The second-order valence-corrected chi connectivity index (χ2v) is 5.68. The molecule has 0 aromatic heterocycles. The molecule has 1 heteroatoms. The molecule has 3 rings (SSSR count). The van der Waals surface area contributed by atoms with E-state index < -0.39 is 0 Å². The quantitative estimate of drug-likeness (QED) is 0.708. The molecule has 74 valence electrons. The van der Waals surface area contributed by atoms with Crippen LogP contribution in [0.25, 0.3) is 0 Å². The van der Waals surface area contributed by atoms with Crippen LogP contribution in [0.2, 0.25) is 0 Å². The molecule has 0 spiro atoms. The van der Waals surface area contributed by atoms with Crippen LogP contribution in [0.5, 0.6) is 0 Å². The molecule has 4 unspecified atom stereocenters. The summed E-state index contributed by atoms with van der Waals surface area (Å²) in [5, 5.41) is 0. The lowest BCUT2D eigenvalue weighted by atomic mass is 9.82. The number of fused-ring (bicyclic) bond motifs is 2. The Balaban J connectivity index is 1.58. The van der Waals surface area contributed by atoms with E-state index in [1.165, 1.54) is 44.9 Å². The predicted octanol–water partition coefficient (Wildman–Crippen LogP) is 2.55. The average molecular weight is 179 g/mol. The van der Waals surface area contributed by atoms with Gasteiger partial charge in [-0.25, -0.2) is 0 Å². The molecule has 3 saturated carbocycles. The highest BCUT2D eigenvalue weighted by atomic mass is 14.7. The van der Waals surface area contributed by atoms with Crippen LogP contribution in [0.4, 0.5) is 0 Å². The topological polar surface area (TPSA) is 26.0 Å². The minimum Gasteiger partial charge on any atom is -0.327 e. The highest BCUT2D eigenvalue weighted by Crippen LogP contribution is 2.50. The van der Waals surface area contributed by atoms with Gasteiger partial charge in [0.2, 0.25) is 0 Å². The lowest BCUT2D eigenvalue weighted by Gasteiger charge is -2.27. The second-order valence-electron chi connectivity index (χ2n) is 5.68. The molecule has 1 nitrogen and oxygen atoms in total. The summed E-state index contributed by atoms with van der Waals surface area (Å²) in [6, 6.07) is 0.558. The monoisotopic (exact) mass is 179 g/mol. The summed E-state index contributed by atoms with van der Waals surface area (Å²) < 4.78 is 0. The van der Waals surface area contributed by atoms with E-state index in [-0.39, 0.29) is 0 Å². The first-order valence-corrected chi connectivity index (χ1v) is 6.08. The van der Waals surface area contributed by atoms with Crippen LogP contribution < -0.4 is 5.73 Å². The molecule has 3 fully saturated rings. The van der Waals surface area contributed by atoms with Crippen molar-refractivity contribution in [2.24, 2.45) is 29.4 Å². The van der Waals surface area contributed by atoms with Crippen molar-refractivity contribution in [3.05, 3.63) is 0 Å². The summed E-state index contributed by atoms with van der Waals surface area (Å²) in [6.45, 7) is 0. The maximum atomic E-state index is 6.31. The Hall–Kier alpha value is -0.0400. The molecule has 0 saturated heterocycles. The molecule has 0 aliphatic heterocycles. The largest absolute Gasteiger partial charge is 0.327 e. The van der Waals surface area contributed by atoms with E-state index in [1.807, 2.05) is 0 Å². The molecule has 2 bridgehead atoms. The Bertz CT molecular complexity index is 197. The molecule has 0 amide bonds. The number of rotatable bonds is 3. The first-order valence-electron chi connectivity index (χ1n) is 6.08. The smallest absolute Gasteiger partial charge is 0.00725 e. The van der Waals surface area contributed by atoms with Gasteiger partial charge in [-0.3, -0.25) is 0 Å². The third-order valence-electron chi connectivity index (χ3n) is 4.65. The Morgan fingerprint density at radius 3 is 2.46 bits per heavy atom. The summed E-state index contributed by atoms with van der Waals surface area (Å²) in [4.78, 5) is 0. The van der Waals surface area contributed by atoms with E-state index in [2.05, 4.69) is 0 Å². The van der Waals surface area contributed by atoms with Gasteiger partial charge in [-0.05, 0) is 49.4 Å². The number of nitrogens with two attached hydrogens (primary N) is 1. The van der Waals surface area contributed by atoms with E-state index in [9.17, 15) is 0 Å². The molecular formula is C12H21N. The molecule has 0 aromatic rings. The van der Waals surface area contributed by atoms with Crippen molar-refractivity contribution >= 4 is 0 Å². The summed E-state index contributed by atoms with van der Waals surface area (Å²) >= 11 is 0. The van der Waals surface area contributed by atoms with E-state index in [1.54, 1.807) is 0 Å². The van der Waals surface area contributed by atoms with Crippen LogP contribution >= 0.6 is 0 Å².